The first-order chi connectivity index (χ1) is 8.36. The lowest BCUT2D eigenvalue weighted by atomic mass is 10.2. The van der Waals surface area contributed by atoms with Crippen molar-refractivity contribution in [1.29, 1.82) is 0 Å². The molecule has 0 spiro atoms. The van der Waals surface area contributed by atoms with Gasteiger partial charge in [-0.3, -0.25) is 4.79 Å². The first kappa shape index (κ1) is 14.3. The number of rotatable bonds is 4. The molecule has 1 aromatic rings. The minimum Gasteiger partial charge on any atom is -0.494 e. The minimum atomic E-state index is -4.87. The van der Waals surface area contributed by atoms with Crippen molar-refractivity contribution in [3.05, 3.63) is 24.3 Å². The van der Waals surface area contributed by atoms with Crippen molar-refractivity contribution < 1.29 is 22.7 Å². The van der Waals surface area contributed by atoms with E-state index in [4.69, 9.17) is 4.74 Å². The zero-order valence-electron chi connectivity index (χ0n) is 10.1. The van der Waals surface area contributed by atoms with Gasteiger partial charge in [0.15, 0.2) is 0 Å². The summed E-state index contributed by atoms with van der Waals surface area (Å²) in [6.45, 7) is 2.49. The van der Waals surface area contributed by atoms with E-state index >= 15 is 0 Å². The Bertz CT molecular complexity index is 401. The van der Waals surface area contributed by atoms with Crippen LogP contribution in [-0.2, 0) is 4.79 Å². The van der Waals surface area contributed by atoms with Gasteiger partial charge in [0.25, 0.3) is 0 Å². The molecule has 0 aromatic heterocycles. The minimum absolute atomic E-state index is 0.168. The Balaban J connectivity index is 2.76. The summed E-state index contributed by atoms with van der Waals surface area (Å²) in [4.78, 5) is 11.6. The molecular formula is C12H14F3NO2. The third-order valence-corrected chi connectivity index (χ3v) is 2.24. The second-order valence-electron chi connectivity index (χ2n) is 3.70. The summed E-state index contributed by atoms with van der Waals surface area (Å²) in [5.74, 6) is -1.34. The lowest BCUT2D eigenvalue weighted by Crippen LogP contribution is -2.38. The van der Waals surface area contributed by atoms with Crippen LogP contribution in [0, 0.1) is 0 Å². The second-order valence-corrected chi connectivity index (χ2v) is 3.70. The van der Waals surface area contributed by atoms with Crippen molar-refractivity contribution in [3.8, 4) is 5.75 Å². The van der Waals surface area contributed by atoms with Crippen LogP contribution in [0.3, 0.4) is 0 Å². The Labute approximate surface area is 103 Å². The number of ether oxygens (including phenoxy) is 1. The van der Waals surface area contributed by atoms with E-state index in [-0.39, 0.29) is 5.69 Å². The predicted octanol–water partition coefficient (Wildman–Crippen LogP) is 3.00. The Hall–Kier alpha value is -1.72. The van der Waals surface area contributed by atoms with E-state index < -0.39 is 12.1 Å². The van der Waals surface area contributed by atoms with E-state index in [0.29, 0.717) is 17.3 Å². The van der Waals surface area contributed by atoms with Crippen molar-refractivity contribution >= 4 is 11.6 Å². The van der Waals surface area contributed by atoms with Crippen molar-refractivity contribution in [2.75, 3.05) is 18.6 Å². The van der Waals surface area contributed by atoms with Gasteiger partial charge in [0.05, 0.1) is 6.61 Å². The highest BCUT2D eigenvalue weighted by Crippen LogP contribution is 2.24. The average molecular weight is 261 g/mol. The highest BCUT2D eigenvalue weighted by atomic mass is 19.4. The number of hydrogen-bond acceptors (Lipinski definition) is 2. The fraction of sp³-hybridized carbons (Fsp3) is 0.417. The summed E-state index contributed by atoms with van der Waals surface area (Å²) < 4.78 is 41.9. The molecule has 1 amide bonds. The van der Waals surface area contributed by atoms with Gasteiger partial charge >= 0.3 is 12.1 Å². The molecule has 0 aliphatic heterocycles. The SMILES string of the molecule is CCCOc1ccc(N(C)C(=O)C(F)(F)F)cc1. The van der Waals surface area contributed by atoms with Gasteiger partial charge in [-0.1, -0.05) is 6.92 Å². The molecule has 0 saturated carbocycles. The van der Waals surface area contributed by atoms with E-state index in [9.17, 15) is 18.0 Å². The molecule has 1 aromatic carbocycles. The maximum Gasteiger partial charge on any atom is 0.471 e. The fourth-order valence-electron chi connectivity index (χ4n) is 1.29. The Morgan fingerprint density at radius 1 is 1.28 bits per heavy atom. The summed E-state index contributed by atoms with van der Waals surface area (Å²) in [5.41, 5.74) is 0.168. The van der Waals surface area contributed by atoms with E-state index in [1.165, 1.54) is 24.3 Å². The zero-order chi connectivity index (χ0) is 13.8. The molecule has 0 atom stereocenters. The van der Waals surface area contributed by atoms with Gasteiger partial charge in [-0.2, -0.15) is 13.2 Å². The van der Waals surface area contributed by atoms with Crippen molar-refractivity contribution in [3.63, 3.8) is 0 Å². The lowest BCUT2D eigenvalue weighted by Gasteiger charge is -2.19. The van der Waals surface area contributed by atoms with Gasteiger partial charge in [0, 0.05) is 12.7 Å². The highest BCUT2D eigenvalue weighted by Gasteiger charge is 2.41. The molecule has 6 heteroatoms. The van der Waals surface area contributed by atoms with Gasteiger partial charge in [-0.05, 0) is 30.7 Å². The number of carbonyl (C=O) groups is 1. The predicted molar refractivity (Wildman–Crippen MR) is 61.7 cm³/mol. The Morgan fingerprint density at radius 3 is 2.28 bits per heavy atom. The van der Waals surface area contributed by atoms with Gasteiger partial charge in [-0.25, -0.2) is 0 Å². The average Bonchev–Trinajstić information content (AvgIpc) is 2.34. The third kappa shape index (κ3) is 3.65. The maximum atomic E-state index is 12.2. The molecule has 0 aliphatic carbocycles. The largest absolute Gasteiger partial charge is 0.494 e. The van der Waals surface area contributed by atoms with Gasteiger partial charge in [-0.15, -0.1) is 0 Å². The molecule has 18 heavy (non-hydrogen) atoms. The number of carbonyl (C=O) groups excluding carboxylic acids is 1. The van der Waals surface area contributed by atoms with E-state index in [1.54, 1.807) is 0 Å². The molecule has 0 saturated heterocycles. The molecule has 0 bridgehead atoms. The Kier molecular flexibility index (Phi) is 4.58. The molecule has 3 nitrogen and oxygen atoms in total. The van der Waals surface area contributed by atoms with Gasteiger partial charge in [0.1, 0.15) is 5.75 Å². The third-order valence-electron chi connectivity index (χ3n) is 2.24. The summed E-state index contributed by atoms with van der Waals surface area (Å²) in [5, 5.41) is 0. The van der Waals surface area contributed by atoms with Gasteiger partial charge in [0.2, 0.25) is 0 Å². The summed E-state index contributed by atoms with van der Waals surface area (Å²) in [6, 6.07) is 5.89. The number of nitrogens with zero attached hydrogens (tertiary/aromatic N) is 1. The monoisotopic (exact) mass is 261 g/mol. The van der Waals surface area contributed by atoms with Crippen molar-refractivity contribution in [2.24, 2.45) is 0 Å². The van der Waals surface area contributed by atoms with E-state index in [0.717, 1.165) is 13.5 Å². The van der Waals surface area contributed by atoms with Crippen LogP contribution >= 0.6 is 0 Å². The van der Waals surface area contributed by atoms with E-state index in [1.807, 2.05) is 6.92 Å². The molecule has 100 valence electrons. The molecule has 0 heterocycles. The highest BCUT2D eigenvalue weighted by molar-refractivity contribution is 5.96. The lowest BCUT2D eigenvalue weighted by molar-refractivity contribution is -0.170. The second kappa shape index (κ2) is 5.75. The number of benzene rings is 1. The molecule has 0 N–H and O–H groups in total. The first-order valence-corrected chi connectivity index (χ1v) is 5.44. The van der Waals surface area contributed by atoms with Crippen LogP contribution in [0.25, 0.3) is 0 Å². The number of halogens is 3. The van der Waals surface area contributed by atoms with Crippen molar-refractivity contribution in [2.45, 2.75) is 19.5 Å². The smallest absolute Gasteiger partial charge is 0.471 e. The number of alkyl halides is 3. The Morgan fingerprint density at radius 2 is 1.83 bits per heavy atom. The molecule has 1 rings (SSSR count). The molecule has 0 fully saturated rings. The zero-order valence-corrected chi connectivity index (χ0v) is 10.1. The molecular weight excluding hydrogens is 247 g/mol. The quantitative estimate of drug-likeness (QED) is 0.833. The number of anilines is 1. The number of amides is 1. The standard InChI is InChI=1S/C12H14F3NO2/c1-3-8-18-10-6-4-9(5-7-10)16(2)11(17)12(13,14)15/h4-7H,3,8H2,1-2H3. The van der Waals surface area contributed by atoms with Crippen LogP contribution in [-0.4, -0.2) is 25.7 Å². The molecule has 0 unspecified atom stereocenters. The van der Waals surface area contributed by atoms with E-state index in [2.05, 4.69) is 0 Å². The summed E-state index contributed by atoms with van der Waals surface area (Å²) in [7, 11) is 1.08. The normalized spacial score (nSPS) is 11.2. The summed E-state index contributed by atoms with van der Waals surface area (Å²) >= 11 is 0. The number of hydrogen-bond donors (Lipinski definition) is 0. The molecule has 0 radical (unpaired) electrons. The van der Waals surface area contributed by atoms with Gasteiger partial charge < -0.3 is 9.64 Å². The topological polar surface area (TPSA) is 29.5 Å². The van der Waals surface area contributed by atoms with Crippen LogP contribution < -0.4 is 9.64 Å². The van der Waals surface area contributed by atoms with Crippen LogP contribution in [0.4, 0.5) is 18.9 Å². The summed E-state index contributed by atoms with van der Waals surface area (Å²) in [6.07, 6.45) is -4.03. The van der Waals surface area contributed by atoms with Crippen LogP contribution in [0.15, 0.2) is 24.3 Å². The van der Waals surface area contributed by atoms with Crippen LogP contribution in [0.2, 0.25) is 0 Å². The fourth-order valence-corrected chi connectivity index (χ4v) is 1.29. The van der Waals surface area contributed by atoms with Crippen LogP contribution in [0.1, 0.15) is 13.3 Å². The first-order valence-electron chi connectivity index (χ1n) is 5.44. The van der Waals surface area contributed by atoms with Crippen molar-refractivity contribution in [1.82, 2.24) is 0 Å². The molecule has 0 aliphatic rings. The maximum absolute atomic E-state index is 12.2. The van der Waals surface area contributed by atoms with Crippen LogP contribution in [0.5, 0.6) is 5.75 Å².